The first-order chi connectivity index (χ1) is 12.2. The van der Waals surface area contributed by atoms with Crippen molar-refractivity contribution in [3.8, 4) is 0 Å². The zero-order valence-corrected chi connectivity index (χ0v) is 13.8. The highest BCUT2D eigenvalue weighted by molar-refractivity contribution is 5.92. The van der Waals surface area contributed by atoms with E-state index in [-0.39, 0.29) is 11.9 Å². The molecular weight excluding hydrogens is 320 g/mol. The smallest absolute Gasteiger partial charge is 0.271 e. The van der Waals surface area contributed by atoms with Gasteiger partial charge in [0.25, 0.3) is 5.91 Å². The van der Waals surface area contributed by atoms with Gasteiger partial charge in [0.2, 0.25) is 5.65 Å². The Labute approximate surface area is 144 Å². The van der Waals surface area contributed by atoms with Gasteiger partial charge in [0, 0.05) is 43.9 Å². The van der Waals surface area contributed by atoms with Crippen molar-refractivity contribution in [2.75, 3.05) is 18.0 Å². The van der Waals surface area contributed by atoms with E-state index in [1.165, 1.54) is 12.4 Å². The fourth-order valence-corrected chi connectivity index (χ4v) is 3.11. The highest BCUT2D eigenvalue weighted by atomic mass is 16.2. The van der Waals surface area contributed by atoms with Crippen molar-refractivity contribution in [1.82, 2.24) is 34.9 Å². The second-order valence-electron chi connectivity index (χ2n) is 6.04. The molecule has 3 aromatic heterocycles. The molecule has 0 aliphatic carbocycles. The predicted molar refractivity (Wildman–Crippen MR) is 90.3 cm³/mol. The van der Waals surface area contributed by atoms with Crippen molar-refractivity contribution in [2.24, 2.45) is 0 Å². The Morgan fingerprint density at radius 3 is 3.00 bits per heavy atom. The van der Waals surface area contributed by atoms with Gasteiger partial charge in [-0.05, 0) is 19.8 Å². The highest BCUT2D eigenvalue weighted by Gasteiger charge is 2.25. The van der Waals surface area contributed by atoms with Gasteiger partial charge in [-0.25, -0.2) is 9.97 Å². The van der Waals surface area contributed by atoms with E-state index in [9.17, 15) is 4.79 Å². The van der Waals surface area contributed by atoms with E-state index in [4.69, 9.17) is 0 Å². The summed E-state index contributed by atoms with van der Waals surface area (Å²) in [6.07, 6.45) is 10.0. The maximum Gasteiger partial charge on any atom is 0.271 e. The lowest BCUT2D eigenvalue weighted by Crippen LogP contribution is -2.48. The van der Waals surface area contributed by atoms with E-state index in [1.54, 1.807) is 12.4 Å². The third-order valence-corrected chi connectivity index (χ3v) is 4.33. The Morgan fingerprint density at radius 2 is 2.16 bits per heavy atom. The van der Waals surface area contributed by atoms with Crippen molar-refractivity contribution in [3.63, 3.8) is 0 Å². The van der Waals surface area contributed by atoms with Crippen molar-refractivity contribution in [3.05, 3.63) is 42.5 Å². The molecule has 0 saturated carbocycles. The summed E-state index contributed by atoms with van der Waals surface area (Å²) in [5.74, 6) is 1.41. The van der Waals surface area contributed by atoms with Gasteiger partial charge in [0.15, 0.2) is 5.82 Å². The molecule has 1 N–H and O–H groups in total. The Balaban J connectivity index is 1.52. The normalized spacial score (nSPS) is 17.6. The number of hydrogen-bond donors (Lipinski definition) is 1. The predicted octanol–water partition coefficient (Wildman–Crippen LogP) is 0.622. The van der Waals surface area contributed by atoms with Crippen LogP contribution in [0.1, 0.15) is 29.2 Å². The number of carbonyl (C=O) groups is 1. The monoisotopic (exact) mass is 338 g/mol. The minimum atomic E-state index is -0.204. The second-order valence-corrected chi connectivity index (χ2v) is 6.04. The molecule has 1 aliphatic rings. The first-order valence-electron chi connectivity index (χ1n) is 8.20. The van der Waals surface area contributed by atoms with Crippen molar-refractivity contribution < 1.29 is 4.79 Å². The zero-order chi connectivity index (χ0) is 17.2. The maximum atomic E-state index is 12.3. The van der Waals surface area contributed by atoms with Crippen LogP contribution in [0.25, 0.3) is 5.65 Å². The summed E-state index contributed by atoms with van der Waals surface area (Å²) in [6, 6.07) is 0.0225. The van der Waals surface area contributed by atoms with E-state index in [0.717, 1.165) is 36.7 Å². The minimum Gasteiger partial charge on any atom is -0.351 e. The van der Waals surface area contributed by atoms with Gasteiger partial charge in [-0.2, -0.15) is 0 Å². The van der Waals surface area contributed by atoms with Crippen molar-refractivity contribution >= 4 is 17.4 Å². The van der Waals surface area contributed by atoms with Crippen LogP contribution < -0.4 is 10.2 Å². The minimum absolute atomic E-state index is 0.0225. The van der Waals surface area contributed by atoms with Gasteiger partial charge >= 0.3 is 0 Å². The Morgan fingerprint density at radius 1 is 1.24 bits per heavy atom. The fourth-order valence-electron chi connectivity index (χ4n) is 3.11. The maximum absolute atomic E-state index is 12.3. The number of piperidine rings is 1. The van der Waals surface area contributed by atoms with Crippen LogP contribution in [0.2, 0.25) is 0 Å². The number of rotatable bonds is 3. The van der Waals surface area contributed by atoms with Crippen LogP contribution in [-0.2, 0) is 0 Å². The molecule has 0 bridgehead atoms. The molecule has 9 nitrogen and oxygen atoms in total. The number of anilines is 1. The number of nitrogens with one attached hydrogen (secondary N) is 1. The van der Waals surface area contributed by atoms with Crippen LogP contribution in [0, 0.1) is 6.92 Å². The van der Waals surface area contributed by atoms with Crippen LogP contribution in [-0.4, -0.2) is 54.6 Å². The molecule has 1 saturated heterocycles. The molecule has 0 aromatic carbocycles. The van der Waals surface area contributed by atoms with Gasteiger partial charge in [-0.1, -0.05) is 0 Å². The Hall–Kier alpha value is -3.10. The fraction of sp³-hybridized carbons (Fsp3) is 0.375. The molecular formula is C16H18N8O. The molecule has 4 rings (SSSR count). The SMILES string of the molecule is Cc1nnc2c(N3CCCC(NC(=O)c4cnccn4)C3)nccn12. The number of aromatic nitrogens is 6. The molecule has 3 aromatic rings. The molecule has 128 valence electrons. The van der Waals surface area contributed by atoms with Crippen LogP contribution >= 0.6 is 0 Å². The number of amides is 1. The summed E-state index contributed by atoms with van der Waals surface area (Å²) >= 11 is 0. The lowest BCUT2D eigenvalue weighted by Gasteiger charge is -2.33. The molecule has 1 aliphatic heterocycles. The molecule has 4 heterocycles. The Bertz CT molecular complexity index is 894. The van der Waals surface area contributed by atoms with Gasteiger partial charge in [-0.3, -0.25) is 14.2 Å². The first-order valence-corrected chi connectivity index (χ1v) is 8.20. The van der Waals surface area contributed by atoms with E-state index >= 15 is 0 Å². The number of nitrogens with zero attached hydrogens (tertiary/aromatic N) is 7. The molecule has 1 atom stereocenters. The van der Waals surface area contributed by atoms with Gasteiger partial charge in [0.1, 0.15) is 11.5 Å². The molecule has 1 fully saturated rings. The number of aryl methyl sites for hydroxylation is 1. The number of fused-ring (bicyclic) bond motifs is 1. The molecule has 9 heteroatoms. The molecule has 1 unspecified atom stereocenters. The number of carbonyl (C=O) groups excluding carboxylic acids is 1. The highest BCUT2D eigenvalue weighted by Crippen LogP contribution is 2.22. The van der Waals surface area contributed by atoms with Crippen LogP contribution in [0.3, 0.4) is 0 Å². The molecule has 1 amide bonds. The van der Waals surface area contributed by atoms with Crippen molar-refractivity contribution in [1.29, 1.82) is 0 Å². The Kier molecular flexibility index (Phi) is 3.96. The van der Waals surface area contributed by atoms with E-state index < -0.39 is 0 Å². The lowest BCUT2D eigenvalue weighted by atomic mass is 10.1. The first kappa shape index (κ1) is 15.4. The summed E-state index contributed by atoms with van der Waals surface area (Å²) in [7, 11) is 0. The largest absolute Gasteiger partial charge is 0.351 e. The summed E-state index contributed by atoms with van der Waals surface area (Å²) < 4.78 is 1.92. The second kappa shape index (κ2) is 6.42. The standard InChI is InChI=1S/C16H18N8O/c1-11-21-22-15-14(19-6-8-24(11)15)23-7-2-3-12(10-23)20-16(25)13-9-17-4-5-18-13/h4-6,8-9,12H,2-3,7,10H2,1H3,(H,20,25). The van der Waals surface area contributed by atoms with E-state index in [0.29, 0.717) is 12.2 Å². The van der Waals surface area contributed by atoms with Crippen LogP contribution in [0.5, 0.6) is 0 Å². The van der Waals surface area contributed by atoms with Gasteiger partial charge < -0.3 is 10.2 Å². The molecule has 0 spiro atoms. The average Bonchev–Trinajstić information content (AvgIpc) is 3.04. The average molecular weight is 338 g/mol. The lowest BCUT2D eigenvalue weighted by molar-refractivity contribution is 0.0927. The van der Waals surface area contributed by atoms with Gasteiger partial charge in [0.05, 0.1) is 6.20 Å². The third-order valence-electron chi connectivity index (χ3n) is 4.33. The summed E-state index contributed by atoms with van der Waals surface area (Å²) in [6.45, 7) is 3.45. The quantitative estimate of drug-likeness (QED) is 0.747. The van der Waals surface area contributed by atoms with E-state index in [2.05, 4.69) is 35.4 Å². The summed E-state index contributed by atoms with van der Waals surface area (Å²) in [5.41, 5.74) is 1.06. The third kappa shape index (κ3) is 3.00. The molecule has 25 heavy (non-hydrogen) atoms. The van der Waals surface area contributed by atoms with Crippen molar-refractivity contribution in [2.45, 2.75) is 25.8 Å². The number of hydrogen-bond acceptors (Lipinski definition) is 7. The summed E-state index contributed by atoms with van der Waals surface area (Å²) in [4.78, 5) is 26.9. The summed E-state index contributed by atoms with van der Waals surface area (Å²) in [5, 5.41) is 11.4. The zero-order valence-electron chi connectivity index (χ0n) is 13.8. The van der Waals surface area contributed by atoms with E-state index in [1.807, 2.05) is 17.5 Å². The van der Waals surface area contributed by atoms with Gasteiger partial charge in [-0.15, -0.1) is 10.2 Å². The topological polar surface area (TPSA) is 101 Å². The van der Waals surface area contributed by atoms with Crippen LogP contribution in [0.15, 0.2) is 31.0 Å². The molecule has 0 radical (unpaired) electrons. The van der Waals surface area contributed by atoms with Crippen LogP contribution in [0.4, 0.5) is 5.82 Å².